The Kier molecular flexibility index (Phi) is 5.32. The molecule has 0 aromatic heterocycles. The van der Waals surface area contributed by atoms with Gasteiger partial charge in [-0.3, -0.25) is 4.79 Å². The van der Waals surface area contributed by atoms with Crippen LogP contribution in [0, 0.1) is 6.92 Å². The van der Waals surface area contributed by atoms with Crippen molar-refractivity contribution in [3.8, 4) is 0 Å². The van der Waals surface area contributed by atoms with E-state index in [1.165, 1.54) is 0 Å². The zero-order valence-electron chi connectivity index (χ0n) is 10.9. The van der Waals surface area contributed by atoms with Gasteiger partial charge < -0.3 is 9.47 Å². The SMILES string of the molecule is CCOC(C)OC(C)C(=O)c1ccc(C)cc1. The number of ketones is 1. The zero-order chi connectivity index (χ0) is 12.8. The molecule has 0 saturated heterocycles. The summed E-state index contributed by atoms with van der Waals surface area (Å²) in [5, 5.41) is 0. The smallest absolute Gasteiger partial charge is 0.191 e. The number of carbonyl (C=O) groups excluding carboxylic acids is 1. The first-order chi connectivity index (χ1) is 8.04. The van der Waals surface area contributed by atoms with Gasteiger partial charge in [0.15, 0.2) is 12.1 Å². The van der Waals surface area contributed by atoms with Gasteiger partial charge >= 0.3 is 0 Å². The Balaban J connectivity index is 2.60. The van der Waals surface area contributed by atoms with Crippen molar-refractivity contribution in [1.29, 1.82) is 0 Å². The summed E-state index contributed by atoms with van der Waals surface area (Å²) in [7, 11) is 0. The van der Waals surface area contributed by atoms with Crippen LogP contribution in [0.25, 0.3) is 0 Å². The number of ether oxygens (including phenoxy) is 2. The van der Waals surface area contributed by atoms with Crippen LogP contribution in [0.4, 0.5) is 0 Å². The van der Waals surface area contributed by atoms with Gasteiger partial charge in [0.1, 0.15) is 6.10 Å². The molecule has 0 aliphatic rings. The van der Waals surface area contributed by atoms with Gasteiger partial charge in [-0.1, -0.05) is 29.8 Å². The summed E-state index contributed by atoms with van der Waals surface area (Å²) in [5.74, 6) is -0.0171. The Morgan fingerprint density at radius 3 is 2.35 bits per heavy atom. The second kappa shape index (κ2) is 6.52. The van der Waals surface area contributed by atoms with E-state index in [1.807, 2.05) is 38.1 Å². The van der Waals surface area contributed by atoms with E-state index in [2.05, 4.69) is 0 Å². The highest BCUT2D eigenvalue weighted by Gasteiger charge is 2.18. The summed E-state index contributed by atoms with van der Waals surface area (Å²) in [4.78, 5) is 12.0. The number of hydrogen-bond donors (Lipinski definition) is 0. The number of aryl methyl sites for hydroxylation is 1. The van der Waals surface area contributed by atoms with Gasteiger partial charge in [0.25, 0.3) is 0 Å². The Hall–Kier alpha value is -1.19. The highest BCUT2D eigenvalue weighted by molar-refractivity contribution is 5.99. The minimum absolute atomic E-state index is 0.0171. The third-order valence-corrected chi connectivity index (χ3v) is 2.50. The largest absolute Gasteiger partial charge is 0.353 e. The minimum atomic E-state index is -0.487. The molecule has 2 unspecified atom stereocenters. The number of hydrogen-bond acceptors (Lipinski definition) is 3. The first-order valence-electron chi connectivity index (χ1n) is 5.92. The second-order valence-corrected chi connectivity index (χ2v) is 4.03. The quantitative estimate of drug-likeness (QED) is 0.562. The molecule has 1 rings (SSSR count). The van der Waals surface area contributed by atoms with Crippen LogP contribution in [-0.2, 0) is 9.47 Å². The molecule has 17 heavy (non-hydrogen) atoms. The highest BCUT2D eigenvalue weighted by atomic mass is 16.7. The predicted octanol–water partition coefficient (Wildman–Crippen LogP) is 2.97. The molecule has 3 heteroatoms. The van der Waals surface area contributed by atoms with Crippen LogP contribution in [0.3, 0.4) is 0 Å². The van der Waals surface area contributed by atoms with E-state index in [-0.39, 0.29) is 12.1 Å². The summed E-state index contributed by atoms with van der Waals surface area (Å²) in [6.45, 7) is 8.00. The molecule has 0 spiro atoms. The standard InChI is InChI=1S/C14H20O3/c1-5-16-12(4)17-11(3)14(15)13-8-6-10(2)7-9-13/h6-9,11-12H,5H2,1-4H3. The van der Waals surface area contributed by atoms with Gasteiger partial charge in [0.2, 0.25) is 0 Å². The second-order valence-electron chi connectivity index (χ2n) is 4.03. The fourth-order valence-electron chi connectivity index (χ4n) is 1.58. The summed E-state index contributed by atoms with van der Waals surface area (Å²) >= 11 is 0. The lowest BCUT2D eigenvalue weighted by Gasteiger charge is -2.18. The number of rotatable bonds is 6. The van der Waals surface area contributed by atoms with Crippen molar-refractivity contribution in [1.82, 2.24) is 0 Å². The molecule has 0 saturated carbocycles. The molecule has 0 amide bonds. The molecule has 3 nitrogen and oxygen atoms in total. The molecule has 1 aromatic rings. The molecule has 0 fully saturated rings. The van der Waals surface area contributed by atoms with Gasteiger partial charge in [-0.2, -0.15) is 0 Å². The van der Waals surface area contributed by atoms with Crippen molar-refractivity contribution < 1.29 is 14.3 Å². The van der Waals surface area contributed by atoms with Crippen LogP contribution in [0.5, 0.6) is 0 Å². The van der Waals surface area contributed by atoms with Gasteiger partial charge in [0, 0.05) is 12.2 Å². The first-order valence-corrected chi connectivity index (χ1v) is 5.92. The maximum atomic E-state index is 12.0. The van der Waals surface area contributed by atoms with Crippen LogP contribution in [-0.4, -0.2) is 24.8 Å². The van der Waals surface area contributed by atoms with Crippen LogP contribution >= 0.6 is 0 Å². The van der Waals surface area contributed by atoms with Gasteiger partial charge in [-0.05, 0) is 27.7 Å². The molecule has 1 aromatic carbocycles. The van der Waals surface area contributed by atoms with Crippen molar-refractivity contribution in [3.63, 3.8) is 0 Å². The summed E-state index contributed by atoms with van der Waals surface area (Å²) in [6, 6.07) is 7.49. The van der Waals surface area contributed by atoms with E-state index >= 15 is 0 Å². The Labute approximate surface area is 103 Å². The van der Waals surface area contributed by atoms with Crippen LogP contribution < -0.4 is 0 Å². The van der Waals surface area contributed by atoms with E-state index in [0.29, 0.717) is 12.2 Å². The van der Waals surface area contributed by atoms with Crippen molar-refractivity contribution in [2.45, 2.75) is 40.1 Å². The maximum absolute atomic E-state index is 12.0. The zero-order valence-corrected chi connectivity index (χ0v) is 10.9. The molecule has 0 aliphatic carbocycles. The van der Waals surface area contributed by atoms with Crippen LogP contribution in [0.2, 0.25) is 0 Å². The molecule has 0 radical (unpaired) electrons. The lowest BCUT2D eigenvalue weighted by atomic mass is 10.1. The maximum Gasteiger partial charge on any atom is 0.191 e. The fraction of sp³-hybridized carbons (Fsp3) is 0.500. The summed E-state index contributed by atoms with van der Waals surface area (Å²) in [5.41, 5.74) is 1.81. The Bertz CT molecular complexity index is 356. The minimum Gasteiger partial charge on any atom is -0.353 e. The Morgan fingerprint density at radius 1 is 1.24 bits per heavy atom. The first kappa shape index (κ1) is 13.9. The molecule has 0 heterocycles. The molecule has 0 N–H and O–H groups in total. The molecular formula is C14H20O3. The lowest BCUT2D eigenvalue weighted by molar-refractivity contribution is -0.142. The molecular weight excluding hydrogens is 216 g/mol. The van der Waals surface area contributed by atoms with Gasteiger partial charge in [-0.15, -0.1) is 0 Å². The van der Waals surface area contributed by atoms with E-state index in [4.69, 9.17) is 9.47 Å². The van der Waals surface area contributed by atoms with Crippen LogP contribution in [0.15, 0.2) is 24.3 Å². The lowest BCUT2D eigenvalue weighted by Crippen LogP contribution is -2.27. The van der Waals surface area contributed by atoms with Crippen molar-refractivity contribution in [2.75, 3.05) is 6.61 Å². The van der Waals surface area contributed by atoms with Crippen molar-refractivity contribution in [3.05, 3.63) is 35.4 Å². The van der Waals surface area contributed by atoms with Crippen molar-refractivity contribution in [2.24, 2.45) is 0 Å². The predicted molar refractivity (Wildman–Crippen MR) is 67.1 cm³/mol. The van der Waals surface area contributed by atoms with E-state index in [9.17, 15) is 4.79 Å². The number of benzene rings is 1. The number of Topliss-reactive ketones (excluding diaryl/α,β-unsaturated/α-hetero) is 1. The third-order valence-electron chi connectivity index (χ3n) is 2.50. The summed E-state index contributed by atoms with van der Waals surface area (Å²) in [6.07, 6.45) is -0.844. The van der Waals surface area contributed by atoms with E-state index in [1.54, 1.807) is 13.8 Å². The van der Waals surface area contributed by atoms with Crippen molar-refractivity contribution >= 4 is 5.78 Å². The highest BCUT2D eigenvalue weighted by Crippen LogP contribution is 2.10. The molecule has 2 atom stereocenters. The molecule has 0 aliphatic heterocycles. The fourth-order valence-corrected chi connectivity index (χ4v) is 1.58. The van der Waals surface area contributed by atoms with E-state index < -0.39 is 6.10 Å². The monoisotopic (exact) mass is 236 g/mol. The summed E-state index contributed by atoms with van der Waals surface area (Å²) < 4.78 is 10.7. The van der Waals surface area contributed by atoms with E-state index in [0.717, 1.165) is 5.56 Å². The topological polar surface area (TPSA) is 35.5 Å². The average Bonchev–Trinajstić information content (AvgIpc) is 2.29. The molecule has 0 bridgehead atoms. The van der Waals surface area contributed by atoms with Crippen LogP contribution in [0.1, 0.15) is 36.7 Å². The third kappa shape index (κ3) is 4.29. The Morgan fingerprint density at radius 2 is 1.82 bits per heavy atom. The normalized spacial score (nSPS) is 14.4. The average molecular weight is 236 g/mol. The van der Waals surface area contributed by atoms with Gasteiger partial charge in [-0.25, -0.2) is 0 Å². The van der Waals surface area contributed by atoms with Gasteiger partial charge in [0.05, 0.1) is 0 Å². The molecule has 94 valence electrons. The number of carbonyl (C=O) groups is 1.